The highest BCUT2D eigenvalue weighted by Gasteiger charge is 2.37. The molecule has 0 aliphatic heterocycles. The van der Waals surface area contributed by atoms with Crippen LogP contribution in [0.25, 0.3) is 0 Å². The SMILES string of the molecule is Cc1cccc(C(=O)NC2(C(N)=S)CCCCC2)c1O. The minimum Gasteiger partial charge on any atom is -0.507 e. The first-order chi connectivity index (χ1) is 9.46. The number of amides is 1. The maximum absolute atomic E-state index is 12.4. The summed E-state index contributed by atoms with van der Waals surface area (Å²) in [5.74, 6) is -0.306. The summed E-state index contributed by atoms with van der Waals surface area (Å²) < 4.78 is 0. The highest BCUT2D eigenvalue weighted by molar-refractivity contribution is 7.80. The van der Waals surface area contributed by atoms with Crippen molar-refractivity contribution in [1.82, 2.24) is 5.32 Å². The number of hydrogen-bond donors (Lipinski definition) is 3. The highest BCUT2D eigenvalue weighted by Crippen LogP contribution is 2.30. The molecule has 1 amide bonds. The molecule has 0 heterocycles. The number of nitrogens with two attached hydrogens (primary N) is 1. The van der Waals surface area contributed by atoms with Gasteiger partial charge in [-0.3, -0.25) is 4.79 Å². The van der Waals surface area contributed by atoms with Gasteiger partial charge in [0.15, 0.2) is 0 Å². The van der Waals surface area contributed by atoms with E-state index in [4.69, 9.17) is 18.0 Å². The maximum atomic E-state index is 12.4. The van der Waals surface area contributed by atoms with Crippen LogP contribution >= 0.6 is 12.2 Å². The Balaban J connectivity index is 2.25. The van der Waals surface area contributed by atoms with Gasteiger partial charge in [-0.2, -0.15) is 0 Å². The standard InChI is InChI=1S/C15H20N2O2S/c1-10-6-5-7-11(12(10)18)13(19)17-15(14(16)20)8-3-2-4-9-15/h5-7,18H,2-4,8-9H2,1H3,(H2,16,20)(H,17,19). The van der Waals surface area contributed by atoms with E-state index in [0.717, 1.165) is 32.1 Å². The molecule has 0 aromatic heterocycles. The van der Waals surface area contributed by atoms with Crippen LogP contribution in [0.5, 0.6) is 5.75 Å². The van der Waals surface area contributed by atoms with E-state index in [-0.39, 0.29) is 17.2 Å². The second-order valence-electron chi connectivity index (χ2n) is 5.43. The van der Waals surface area contributed by atoms with Gasteiger partial charge < -0.3 is 16.2 Å². The molecule has 1 aromatic carbocycles. The van der Waals surface area contributed by atoms with Crippen LogP contribution in [-0.4, -0.2) is 21.5 Å². The third-order valence-electron chi connectivity index (χ3n) is 4.01. The van der Waals surface area contributed by atoms with Crippen LogP contribution in [0, 0.1) is 6.92 Å². The topological polar surface area (TPSA) is 75.4 Å². The van der Waals surface area contributed by atoms with Gasteiger partial charge >= 0.3 is 0 Å². The number of nitrogens with one attached hydrogen (secondary N) is 1. The molecule has 5 heteroatoms. The van der Waals surface area contributed by atoms with Crippen molar-refractivity contribution < 1.29 is 9.90 Å². The zero-order chi connectivity index (χ0) is 14.8. The summed E-state index contributed by atoms with van der Waals surface area (Å²) in [6.07, 6.45) is 4.66. The molecule has 2 rings (SSSR count). The van der Waals surface area contributed by atoms with Gasteiger partial charge in [0.2, 0.25) is 0 Å². The molecule has 0 radical (unpaired) electrons. The van der Waals surface area contributed by atoms with Crippen molar-refractivity contribution in [2.75, 3.05) is 0 Å². The monoisotopic (exact) mass is 292 g/mol. The molecule has 108 valence electrons. The number of hydrogen-bond acceptors (Lipinski definition) is 3. The number of aryl methyl sites for hydroxylation is 1. The summed E-state index contributed by atoms with van der Waals surface area (Å²) in [5, 5.41) is 12.9. The second kappa shape index (κ2) is 5.79. The molecule has 0 bridgehead atoms. The first-order valence-electron chi connectivity index (χ1n) is 6.87. The molecule has 0 unspecified atom stereocenters. The molecule has 1 aromatic rings. The molecule has 1 aliphatic rings. The van der Waals surface area contributed by atoms with Gasteiger partial charge in [-0.15, -0.1) is 0 Å². The van der Waals surface area contributed by atoms with E-state index in [1.54, 1.807) is 25.1 Å². The lowest BCUT2D eigenvalue weighted by atomic mass is 9.81. The lowest BCUT2D eigenvalue weighted by Gasteiger charge is -2.37. The number of thiocarbonyl (C=S) groups is 1. The molecule has 4 N–H and O–H groups in total. The molecule has 1 aliphatic carbocycles. The fourth-order valence-electron chi connectivity index (χ4n) is 2.72. The van der Waals surface area contributed by atoms with Gasteiger partial charge in [-0.05, 0) is 31.4 Å². The smallest absolute Gasteiger partial charge is 0.255 e. The summed E-state index contributed by atoms with van der Waals surface area (Å²) >= 11 is 5.16. The van der Waals surface area contributed by atoms with Crippen molar-refractivity contribution in [3.8, 4) is 5.75 Å². The third kappa shape index (κ3) is 2.77. The Kier molecular flexibility index (Phi) is 4.28. The van der Waals surface area contributed by atoms with Gasteiger partial charge in [0.1, 0.15) is 5.75 Å². The Morgan fingerprint density at radius 1 is 1.35 bits per heavy atom. The number of carbonyl (C=O) groups is 1. The maximum Gasteiger partial charge on any atom is 0.255 e. The fourth-order valence-corrected chi connectivity index (χ4v) is 2.97. The predicted molar refractivity (Wildman–Crippen MR) is 82.9 cm³/mol. The van der Waals surface area contributed by atoms with Crippen molar-refractivity contribution in [3.05, 3.63) is 29.3 Å². The van der Waals surface area contributed by atoms with Crippen LogP contribution in [-0.2, 0) is 0 Å². The number of carbonyl (C=O) groups excluding carboxylic acids is 1. The van der Waals surface area contributed by atoms with Crippen LogP contribution in [0.2, 0.25) is 0 Å². The van der Waals surface area contributed by atoms with Gasteiger partial charge in [0.05, 0.1) is 16.1 Å². The van der Waals surface area contributed by atoms with Crippen molar-refractivity contribution in [3.63, 3.8) is 0 Å². The Hall–Kier alpha value is -1.62. The lowest BCUT2D eigenvalue weighted by molar-refractivity contribution is 0.0905. The van der Waals surface area contributed by atoms with Crippen molar-refractivity contribution in [2.45, 2.75) is 44.6 Å². The Morgan fingerprint density at radius 2 is 2.00 bits per heavy atom. The third-order valence-corrected chi connectivity index (χ3v) is 4.40. The van der Waals surface area contributed by atoms with E-state index >= 15 is 0 Å². The molecule has 0 saturated heterocycles. The molecule has 0 atom stereocenters. The average molecular weight is 292 g/mol. The van der Waals surface area contributed by atoms with Crippen LogP contribution in [0.3, 0.4) is 0 Å². The van der Waals surface area contributed by atoms with Crippen LogP contribution in [0.4, 0.5) is 0 Å². The molecule has 20 heavy (non-hydrogen) atoms. The summed E-state index contributed by atoms with van der Waals surface area (Å²) in [5.41, 5.74) is 6.18. The van der Waals surface area contributed by atoms with E-state index < -0.39 is 5.54 Å². The zero-order valence-electron chi connectivity index (χ0n) is 11.6. The summed E-state index contributed by atoms with van der Waals surface area (Å²) in [6.45, 7) is 1.76. The van der Waals surface area contributed by atoms with E-state index in [2.05, 4.69) is 5.32 Å². The highest BCUT2D eigenvalue weighted by atomic mass is 32.1. The van der Waals surface area contributed by atoms with Crippen LogP contribution < -0.4 is 11.1 Å². The molecule has 4 nitrogen and oxygen atoms in total. The molecule has 0 spiro atoms. The number of para-hydroxylation sites is 1. The largest absolute Gasteiger partial charge is 0.507 e. The van der Waals surface area contributed by atoms with Crippen molar-refractivity contribution in [1.29, 1.82) is 0 Å². The first-order valence-corrected chi connectivity index (χ1v) is 7.28. The van der Waals surface area contributed by atoms with Crippen LogP contribution in [0.15, 0.2) is 18.2 Å². The predicted octanol–water partition coefficient (Wildman–Crippen LogP) is 2.42. The van der Waals surface area contributed by atoms with Crippen LogP contribution in [0.1, 0.15) is 48.0 Å². The Labute approximate surface area is 124 Å². The summed E-state index contributed by atoms with van der Waals surface area (Å²) in [4.78, 5) is 12.7. The fraction of sp³-hybridized carbons (Fsp3) is 0.467. The molecule has 1 saturated carbocycles. The summed E-state index contributed by atoms with van der Waals surface area (Å²) in [6, 6.07) is 5.11. The van der Waals surface area contributed by atoms with Gasteiger partial charge in [0, 0.05) is 0 Å². The number of phenolic OH excluding ortho intramolecular Hbond substituents is 1. The summed E-state index contributed by atoms with van der Waals surface area (Å²) in [7, 11) is 0. The number of phenols is 1. The zero-order valence-corrected chi connectivity index (χ0v) is 12.4. The second-order valence-corrected chi connectivity index (χ2v) is 5.87. The average Bonchev–Trinajstić information content (AvgIpc) is 2.42. The Morgan fingerprint density at radius 3 is 2.60 bits per heavy atom. The minimum absolute atomic E-state index is 0.0129. The lowest BCUT2D eigenvalue weighted by Crippen LogP contribution is -2.57. The normalized spacial score (nSPS) is 17.4. The molecular formula is C15H20N2O2S. The van der Waals surface area contributed by atoms with Gasteiger partial charge in [0.25, 0.3) is 5.91 Å². The first kappa shape index (κ1) is 14.8. The van der Waals surface area contributed by atoms with E-state index in [0.29, 0.717) is 10.6 Å². The van der Waals surface area contributed by atoms with Gasteiger partial charge in [-0.1, -0.05) is 43.6 Å². The molecular weight excluding hydrogens is 272 g/mol. The number of benzene rings is 1. The minimum atomic E-state index is -0.610. The van der Waals surface area contributed by atoms with E-state index in [1.165, 1.54) is 0 Å². The number of rotatable bonds is 3. The van der Waals surface area contributed by atoms with Gasteiger partial charge in [-0.25, -0.2) is 0 Å². The van der Waals surface area contributed by atoms with E-state index in [9.17, 15) is 9.90 Å². The van der Waals surface area contributed by atoms with Crippen molar-refractivity contribution in [2.24, 2.45) is 5.73 Å². The number of aromatic hydroxyl groups is 1. The quantitative estimate of drug-likeness (QED) is 0.748. The van der Waals surface area contributed by atoms with E-state index in [1.807, 2.05) is 0 Å². The Bertz CT molecular complexity index is 537. The molecule has 1 fully saturated rings. The van der Waals surface area contributed by atoms with Crippen molar-refractivity contribution >= 4 is 23.1 Å².